The van der Waals surface area contributed by atoms with Crippen LogP contribution in [0.15, 0.2) is 48.5 Å². The van der Waals surface area contributed by atoms with Crippen LogP contribution in [0.3, 0.4) is 0 Å². The zero-order valence-corrected chi connectivity index (χ0v) is 19.8. The SMILES string of the molecule is O=C1OC2(CCN(c3ccc(OCCCN4CCCCC4)cc3)CC2)CN1c1cccc(F)c1. The van der Waals surface area contributed by atoms with Gasteiger partial charge in [0.25, 0.3) is 0 Å². The van der Waals surface area contributed by atoms with Crippen molar-refractivity contribution in [2.45, 2.75) is 44.1 Å². The van der Waals surface area contributed by atoms with Gasteiger partial charge in [0.05, 0.1) is 18.8 Å². The maximum absolute atomic E-state index is 13.6. The highest BCUT2D eigenvalue weighted by Crippen LogP contribution is 2.37. The first-order valence-electron chi connectivity index (χ1n) is 12.6. The largest absolute Gasteiger partial charge is 0.494 e. The van der Waals surface area contributed by atoms with Crippen LogP contribution in [0.1, 0.15) is 38.5 Å². The lowest BCUT2D eigenvalue weighted by atomic mass is 9.91. The summed E-state index contributed by atoms with van der Waals surface area (Å²) in [5.41, 5.74) is 1.20. The number of carbonyl (C=O) groups excluding carboxylic acids is 1. The van der Waals surface area contributed by atoms with Crippen LogP contribution in [0.4, 0.5) is 20.6 Å². The Labute approximate surface area is 201 Å². The van der Waals surface area contributed by atoms with Gasteiger partial charge < -0.3 is 19.3 Å². The monoisotopic (exact) mass is 467 g/mol. The summed E-state index contributed by atoms with van der Waals surface area (Å²) in [4.78, 5) is 18.9. The van der Waals surface area contributed by atoms with E-state index < -0.39 is 5.60 Å². The fourth-order valence-corrected chi connectivity index (χ4v) is 5.31. The zero-order chi connectivity index (χ0) is 23.4. The molecule has 0 aliphatic carbocycles. The van der Waals surface area contributed by atoms with Gasteiger partial charge in [-0.05, 0) is 74.8 Å². The van der Waals surface area contributed by atoms with Crippen molar-refractivity contribution in [2.75, 3.05) is 55.7 Å². The number of anilines is 2. The molecule has 0 aromatic heterocycles. The Morgan fingerprint density at radius 3 is 2.44 bits per heavy atom. The number of piperidine rings is 2. The van der Waals surface area contributed by atoms with Crippen molar-refractivity contribution in [1.29, 1.82) is 0 Å². The number of likely N-dealkylation sites (tertiary alicyclic amines) is 1. The summed E-state index contributed by atoms with van der Waals surface area (Å²) in [6, 6.07) is 14.4. The molecule has 6 nitrogen and oxygen atoms in total. The molecule has 1 spiro atoms. The quantitative estimate of drug-likeness (QED) is 0.532. The second-order valence-electron chi connectivity index (χ2n) is 9.70. The number of benzene rings is 2. The van der Waals surface area contributed by atoms with Crippen LogP contribution < -0.4 is 14.5 Å². The summed E-state index contributed by atoms with van der Waals surface area (Å²) in [5, 5.41) is 0. The third kappa shape index (κ3) is 5.30. The Kier molecular flexibility index (Phi) is 6.90. The van der Waals surface area contributed by atoms with Gasteiger partial charge >= 0.3 is 6.09 Å². The second-order valence-corrected chi connectivity index (χ2v) is 9.70. The van der Waals surface area contributed by atoms with E-state index >= 15 is 0 Å². The van der Waals surface area contributed by atoms with Crippen LogP contribution in [0.5, 0.6) is 5.75 Å². The molecule has 3 saturated heterocycles. The average Bonchev–Trinajstić information content (AvgIpc) is 3.19. The molecule has 2 aromatic rings. The predicted molar refractivity (Wildman–Crippen MR) is 131 cm³/mol. The molecule has 0 atom stereocenters. The Hall–Kier alpha value is -2.80. The molecular weight excluding hydrogens is 433 g/mol. The summed E-state index contributed by atoms with van der Waals surface area (Å²) >= 11 is 0. The van der Waals surface area contributed by atoms with Gasteiger partial charge in [0.1, 0.15) is 17.2 Å². The maximum Gasteiger partial charge on any atom is 0.415 e. The molecular formula is C27H34FN3O3. The smallest absolute Gasteiger partial charge is 0.415 e. The Morgan fingerprint density at radius 1 is 0.941 bits per heavy atom. The van der Waals surface area contributed by atoms with Crippen molar-refractivity contribution in [3.8, 4) is 5.75 Å². The fourth-order valence-electron chi connectivity index (χ4n) is 5.31. The van der Waals surface area contributed by atoms with Gasteiger partial charge in [0.15, 0.2) is 0 Å². The third-order valence-electron chi connectivity index (χ3n) is 7.30. The number of carbonyl (C=O) groups is 1. The number of hydrogen-bond acceptors (Lipinski definition) is 5. The van der Waals surface area contributed by atoms with Gasteiger partial charge in [0.2, 0.25) is 0 Å². The Balaban J connectivity index is 1.09. The molecule has 0 unspecified atom stereocenters. The predicted octanol–water partition coefficient (Wildman–Crippen LogP) is 5.08. The summed E-state index contributed by atoms with van der Waals surface area (Å²) in [7, 11) is 0. The number of ether oxygens (including phenoxy) is 2. The normalized spacial score (nSPS) is 20.6. The summed E-state index contributed by atoms with van der Waals surface area (Å²) in [6.07, 6.45) is 6.19. The van der Waals surface area contributed by atoms with E-state index in [4.69, 9.17) is 9.47 Å². The second kappa shape index (κ2) is 10.2. The minimum Gasteiger partial charge on any atom is -0.494 e. The van der Waals surface area contributed by atoms with Crippen molar-refractivity contribution in [2.24, 2.45) is 0 Å². The van der Waals surface area contributed by atoms with Crippen molar-refractivity contribution < 1.29 is 18.7 Å². The van der Waals surface area contributed by atoms with E-state index in [2.05, 4.69) is 21.9 Å². The molecule has 2 aromatic carbocycles. The summed E-state index contributed by atoms with van der Waals surface area (Å²) in [6.45, 7) is 6.40. The lowest BCUT2D eigenvalue weighted by Crippen LogP contribution is -2.47. The lowest BCUT2D eigenvalue weighted by Gasteiger charge is -2.38. The molecule has 7 heteroatoms. The molecule has 3 heterocycles. The van der Waals surface area contributed by atoms with Gasteiger partial charge in [-0.15, -0.1) is 0 Å². The van der Waals surface area contributed by atoms with Crippen LogP contribution >= 0.6 is 0 Å². The topological polar surface area (TPSA) is 45.2 Å². The van der Waals surface area contributed by atoms with Crippen LogP contribution in [0.2, 0.25) is 0 Å². The van der Waals surface area contributed by atoms with E-state index in [1.54, 1.807) is 17.0 Å². The summed E-state index contributed by atoms with van der Waals surface area (Å²) < 4.78 is 25.4. The van der Waals surface area contributed by atoms with Crippen molar-refractivity contribution in [3.63, 3.8) is 0 Å². The molecule has 3 aliphatic rings. The minimum atomic E-state index is -0.503. The summed E-state index contributed by atoms with van der Waals surface area (Å²) in [5.74, 6) is 0.557. The van der Waals surface area contributed by atoms with E-state index in [1.165, 1.54) is 44.5 Å². The van der Waals surface area contributed by atoms with Gasteiger partial charge in [-0.2, -0.15) is 0 Å². The van der Waals surface area contributed by atoms with E-state index in [1.807, 2.05) is 12.1 Å². The first-order valence-corrected chi connectivity index (χ1v) is 12.6. The molecule has 0 bridgehead atoms. The molecule has 0 saturated carbocycles. The molecule has 34 heavy (non-hydrogen) atoms. The number of rotatable bonds is 7. The van der Waals surface area contributed by atoms with E-state index in [0.29, 0.717) is 12.2 Å². The van der Waals surface area contributed by atoms with Crippen LogP contribution in [-0.4, -0.2) is 62.5 Å². The molecule has 3 aliphatic heterocycles. The minimum absolute atomic E-state index is 0.351. The highest BCUT2D eigenvalue weighted by molar-refractivity contribution is 5.90. The molecule has 5 rings (SSSR count). The number of hydrogen-bond donors (Lipinski definition) is 0. The van der Waals surface area contributed by atoms with Crippen molar-refractivity contribution >= 4 is 17.5 Å². The number of nitrogens with zero attached hydrogens (tertiary/aromatic N) is 3. The third-order valence-corrected chi connectivity index (χ3v) is 7.30. The maximum atomic E-state index is 13.6. The standard InChI is InChI=1S/C27H34FN3O3/c28-22-6-4-7-24(20-22)31-21-27(34-26(31)32)12-17-30(18-13-27)23-8-10-25(11-9-23)33-19-5-16-29-14-2-1-3-15-29/h4,6-11,20H,1-3,5,12-19,21H2. The van der Waals surface area contributed by atoms with Gasteiger partial charge in [-0.25, -0.2) is 9.18 Å². The van der Waals surface area contributed by atoms with Crippen molar-refractivity contribution in [1.82, 2.24) is 4.90 Å². The van der Waals surface area contributed by atoms with Gasteiger partial charge in [0, 0.05) is 38.2 Å². The fraction of sp³-hybridized carbons (Fsp3) is 0.519. The van der Waals surface area contributed by atoms with E-state index in [9.17, 15) is 9.18 Å². The lowest BCUT2D eigenvalue weighted by molar-refractivity contribution is 0.0367. The molecule has 0 N–H and O–H groups in total. The first-order chi connectivity index (χ1) is 16.6. The van der Waals surface area contributed by atoms with Crippen LogP contribution in [-0.2, 0) is 4.74 Å². The Bertz CT molecular complexity index is 969. The molecule has 1 amide bonds. The average molecular weight is 468 g/mol. The van der Waals surface area contributed by atoms with E-state index in [-0.39, 0.29) is 11.9 Å². The molecule has 3 fully saturated rings. The van der Waals surface area contributed by atoms with Crippen molar-refractivity contribution in [3.05, 3.63) is 54.3 Å². The van der Waals surface area contributed by atoms with Gasteiger partial charge in [-0.3, -0.25) is 4.90 Å². The number of halogens is 1. The first kappa shape index (κ1) is 23.0. The number of amides is 1. The van der Waals surface area contributed by atoms with Gasteiger partial charge in [-0.1, -0.05) is 12.5 Å². The highest BCUT2D eigenvalue weighted by Gasteiger charge is 2.47. The van der Waals surface area contributed by atoms with E-state index in [0.717, 1.165) is 56.9 Å². The van der Waals surface area contributed by atoms with Crippen LogP contribution in [0.25, 0.3) is 0 Å². The highest BCUT2D eigenvalue weighted by atomic mass is 19.1. The zero-order valence-electron chi connectivity index (χ0n) is 19.8. The molecule has 182 valence electrons. The molecule has 0 radical (unpaired) electrons. The Morgan fingerprint density at radius 2 is 1.71 bits per heavy atom. The van der Waals surface area contributed by atoms with Crippen LogP contribution in [0, 0.1) is 5.82 Å².